The monoisotopic (exact) mass is 621 g/mol. The predicted octanol–water partition coefficient (Wildman–Crippen LogP) is 6.45. The van der Waals surface area contributed by atoms with Gasteiger partial charge in [-0.15, -0.1) is 0 Å². The van der Waals surface area contributed by atoms with E-state index in [2.05, 4.69) is 32.7 Å². The number of nitrogens with one attached hydrogen (secondary N) is 2. The second-order valence-electron chi connectivity index (χ2n) is 9.23. The highest BCUT2D eigenvalue weighted by Crippen LogP contribution is 2.37. The molecule has 0 spiro atoms. The van der Waals surface area contributed by atoms with Crippen LogP contribution in [0, 0.1) is 17.8 Å². The Morgan fingerprint density at radius 3 is 2.48 bits per heavy atom. The van der Waals surface area contributed by atoms with Crippen LogP contribution in [0.15, 0.2) is 56.7 Å². The third-order valence-corrected chi connectivity index (χ3v) is 7.16. The number of hydrazone groups is 1. The number of benzene rings is 1. The largest absolute Gasteiger partial charge is 0.430 e. The third-order valence-electron chi connectivity index (χ3n) is 5.96. The van der Waals surface area contributed by atoms with Crippen molar-refractivity contribution in [2.45, 2.75) is 59.0 Å². The van der Waals surface area contributed by atoms with E-state index >= 15 is 0 Å². The van der Waals surface area contributed by atoms with Crippen LogP contribution in [-0.2, 0) is 10.9 Å². The van der Waals surface area contributed by atoms with Crippen LogP contribution in [-0.4, -0.2) is 34.1 Å². The molecule has 1 amide bonds. The Morgan fingerprint density at radius 1 is 1.19 bits per heavy atom. The average Bonchev–Trinajstić information content (AvgIpc) is 3.68. The maximum Gasteiger partial charge on any atom is 0.416 e. The molecule has 2 N–H and O–H groups in total. The van der Waals surface area contributed by atoms with E-state index in [0.717, 1.165) is 47.2 Å². The molecule has 1 atom stereocenters. The molecule has 1 fully saturated rings. The Labute approximate surface area is 251 Å². The van der Waals surface area contributed by atoms with Crippen molar-refractivity contribution in [2.75, 3.05) is 7.05 Å². The molecule has 2 aliphatic rings. The lowest BCUT2D eigenvalue weighted by molar-refractivity contribution is -0.137. The fourth-order valence-electron chi connectivity index (χ4n) is 3.42. The fourth-order valence-corrected chi connectivity index (χ4v) is 4.35. The number of aromatic nitrogens is 1. The summed E-state index contributed by atoms with van der Waals surface area (Å²) in [7, 11) is 1.39. The maximum absolute atomic E-state index is 13.6. The summed E-state index contributed by atoms with van der Waals surface area (Å²) in [6.07, 6.45) is -1.37. The SMILES string of the molecule is CC.CN=C(OC(C)=C(C)C)n1cc(-c2cc(C(F)(F)F)ccc2Cl)c(C(=O)NC2=NNC(C#CC3CC3)S2)cc1=O. The topological polar surface area (TPSA) is 97.1 Å². The van der Waals surface area contributed by atoms with Crippen LogP contribution < -0.4 is 16.3 Å². The second-order valence-corrected chi connectivity index (χ2v) is 10.7. The number of halogens is 4. The van der Waals surface area contributed by atoms with Gasteiger partial charge >= 0.3 is 12.2 Å². The van der Waals surface area contributed by atoms with Crippen molar-refractivity contribution in [3.05, 3.63) is 68.3 Å². The van der Waals surface area contributed by atoms with E-state index in [-0.39, 0.29) is 38.3 Å². The van der Waals surface area contributed by atoms with Gasteiger partial charge in [-0.25, -0.2) is 9.56 Å². The molecule has 2 aromatic rings. The molecule has 0 radical (unpaired) electrons. The van der Waals surface area contributed by atoms with Gasteiger partial charge in [0, 0.05) is 41.4 Å². The van der Waals surface area contributed by atoms with E-state index in [0.29, 0.717) is 11.7 Å². The lowest BCUT2D eigenvalue weighted by atomic mass is 9.99. The van der Waals surface area contributed by atoms with Crippen molar-refractivity contribution in [3.63, 3.8) is 0 Å². The molecule has 0 bridgehead atoms. The lowest BCUT2D eigenvalue weighted by Crippen LogP contribution is -2.33. The summed E-state index contributed by atoms with van der Waals surface area (Å²) in [6.45, 7) is 9.27. The molecule has 1 aliphatic carbocycles. The van der Waals surface area contributed by atoms with Gasteiger partial charge in [-0.1, -0.05) is 37.3 Å². The fraction of sp³-hybridized carbons (Fsp3) is 0.379. The zero-order chi connectivity index (χ0) is 31.2. The zero-order valence-corrected chi connectivity index (χ0v) is 25.5. The first-order valence-electron chi connectivity index (χ1n) is 13.1. The predicted molar refractivity (Wildman–Crippen MR) is 161 cm³/mol. The van der Waals surface area contributed by atoms with Gasteiger partial charge in [0.05, 0.1) is 11.1 Å². The lowest BCUT2D eigenvalue weighted by Gasteiger charge is -2.17. The Balaban J connectivity index is 0.00000237. The van der Waals surface area contributed by atoms with Crippen molar-refractivity contribution in [1.82, 2.24) is 15.3 Å². The molecule has 42 heavy (non-hydrogen) atoms. The molecular formula is C29H31ClF3N5O3S. The standard InChI is InChI=1S/C27H25ClF3N5O3S.C2H6/c1-14(2)15(3)39-26(32-4)36-13-20(18-11-17(27(29,30)31)8-9-21(18)28)19(12-23(36)37)24(38)33-25-35-34-22(40-25)10-7-16-5-6-16;1-2/h8-9,11-13,16,22,34H,5-6H2,1-4H3,(H,33,35,38);1-2H3. The second kappa shape index (κ2) is 14.0. The third kappa shape index (κ3) is 8.20. The number of carbonyl (C=O) groups is 1. The number of aliphatic imine (C=N–C) groups is 1. The number of ether oxygens (including phenoxy) is 1. The minimum absolute atomic E-state index is 0.0468. The van der Waals surface area contributed by atoms with E-state index < -0.39 is 23.2 Å². The van der Waals surface area contributed by atoms with E-state index in [1.165, 1.54) is 25.0 Å². The molecule has 224 valence electrons. The van der Waals surface area contributed by atoms with Gasteiger partial charge in [-0.05, 0) is 69.1 Å². The number of alkyl halides is 3. The zero-order valence-electron chi connectivity index (χ0n) is 23.9. The van der Waals surface area contributed by atoms with E-state index in [1.807, 2.05) is 13.8 Å². The number of thioether (sulfide) groups is 1. The first kappa shape index (κ1) is 32.8. The van der Waals surface area contributed by atoms with Crippen molar-refractivity contribution < 1.29 is 22.7 Å². The quantitative estimate of drug-likeness (QED) is 0.178. The van der Waals surface area contributed by atoms with Crippen LogP contribution in [0.1, 0.15) is 63.4 Å². The highest BCUT2D eigenvalue weighted by molar-refractivity contribution is 8.14. The highest BCUT2D eigenvalue weighted by Gasteiger charge is 2.32. The van der Waals surface area contributed by atoms with E-state index in [4.69, 9.17) is 16.3 Å². The molecule has 1 unspecified atom stereocenters. The van der Waals surface area contributed by atoms with Gasteiger partial charge in [-0.2, -0.15) is 18.3 Å². The molecule has 1 saturated carbocycles. The van der Waals surface area contributed by atoms with Crippen LogP contribution >= 0.6 is 23.4 Å². The van der Waals surface area contributed by atoms with Crippen LogP contribution in [0.3, 0.4) is 0 Å². The van der Waals surface area contributed by atoms with Gasteiger partial charge in [0.2, 0.25) is 0 Å². The van der Waals surface area contributed by atoms with Gasteiger partial charge in [0.1, 0.15) is 5.76 Å². The molecule has 0 saturated heterocycles. The summed E-state index contributed by atoms with van der Waals surface area (Å²) in [5.74, 6) is 6.23. The first-order chi connectivity index (χ1) is 19.9. The Bertz CT molecular complexity index is 1560. The number of pyridine rings is 1. The summed E-state index contributed by atoms with van der Waals surface area (Å²) in [5, 5.41) is 6.45. The number of allylic oxidation sites excluding steroid dienone is 2. The number of hydrogen-bond acceptors (Lipinski definition) is 7. The van der Waals surface area contributed by atoms with Crippen LogP contribution in [0.25, 0.3) is 11.1 Å². The summed E-state index contributed by atoms with van der Waals surface area (Å²) in [6, 6.07) is 3.59. The summed E-state index contributed by atoms with van der Waals surface area (Å²) >= 11 is 7.51. The molecule has 8 nitrogen and oxygen atoms in total. The summed E-state index contributed by atoms with van der Waals surface area (Å²) < 4.78 is 47.5. The highest BCUT2D eigenvalue weighted by atomic mass is 35.5. The number of amides is 1. The average molecular weight is 622 g/mol. The Morgan fingerprint density at radius 2 is 1.88 bits per heavy atom. The Hall–Kier alpha value is -3.69. The number of nitrogens with zero attached hydrogens (tertiary/aromatic N) is 3. The van der Waals surface area contributed by atoms with Gasteiger partial charge < -0.3 is 4.74 Å². The van der Waals surface area contributed by atoms with E-state index in [1.54, 1.807) is 20.8 Å². The van der Waals surface area contributed by atoms with Crippen LogP contribution in [0.5, 0.6) is 0 Å². The molecule has 13 heteroatoms. The number of rotatable bonds is 3. The maximum atomic E-state index is 13.6. The molecule has 1 aromatic heterocycles. The minimum Gasteiger partial charge on any atom is -0.430 e. The van der Waals surface area contributed by atoms with Crippen molar-refractivity contribution >= 4 is 40.5 Å². The summed E-state index contributed by atoms with van der Waals surface area (Å²) in [4.78, 5) is 30.6. The number of carbonyl (C=O) groups excluding carboxylic acids is 1. The minimum atomic E-state index is -4.67. The number of amidine groups is 1. The van der Waals surface area contributed by atoms with Gasteiger partial charge in [0.25, 0.3) is 11.5 Å². The molecule has 2 heterocycles. The van der Waals surface area contributed by atoms with Crippen molar-refractivity contribution in [3.8, 4) is 23.0 Å². The van der Waals surface area contributed by atoms with Gasteiger partial charge in [0.15, 0.2) is 10.5 Å². The molecule has 1 aliphatic heterocycles. The van der Waals surface area contributed by atoms with E-state index in [9.17, 15) is 22.8 Å². The van der Waals surface area contributed by atoms with Crippen molar-refractivity contribution in [1.29, 1.82) is 0 Å². The smallest absolute Gasteiger partial charge is 0.416 e. The molecular weight excluding hydrogens is 591 g/mol. The number of hydrogen-bond donors (Lipinski definition) is 2. The van der Waals surface area contributed by atoms with Crippen LogP contribution in [0.4, 0.5) is 13.2 Å². The normalized spacial score (nSPS) is 16.2. The Kier molecular flexibility index (Phi) is 10.9. The molecule has 1 aromatic carbocycles. The molecule has 4 rings (SSSR count). The van der Waals surface area contributed by atoms with Gasteiger partial charge in [-0.3, -0.25) is 20.3 Å². The first-order valence-corrected chi connectivity index (χ1v) is 14.4. The van der Waals surface area contributed by atoms with Crippen LogP contribution in [0.2, 0.25) is 5.02 Å². The summed E-state index contributed by atoms with van der Waals surface area (Å²) in [5.41, 5.74) is 1.57. The van der Waals surface area contributed by atoms with Crippen molar-refractivity contribution in [2.24, 2.45) is 16.0 Å².